The third-order valence-electron chi connectivity index (χ3n) is 5.43. The smallest absolute Gasteiger partial charge is 0.259 e. The third kappa shape index (κ3) is 3.01. The van der Waals surface area contributed by atoms with Crippen molar-refractivity contribution in [3.63, 3.8) is 0 Å². The van der Waals surface area contributed by atoms with E-state index in [9.17, 15) is 4.79 Å². The monoisotopic (exact) mass is 362 g/mol. The van der Waals surface area contributed by atoms with Gasteiger partial charge in [-0.1, -0.05) is 12.1 Å². The molecule has 4 rings (SSSR count). The highest BCUT2D eigenvalue weighted by Crippen LogP contribution is 2.40. The number of benzene rings is 1. The topological polar surface area (TPSA) is 51.0 Å². The van der Waals surface area contributed by atoms with E-state index in [0.717, 1.165) is 57.6 Å². The van der Waals surface area contributed by atoms with E-state index in [4.69, 9.17) is 4.98 Å². The van der Waals surface area contributed by atoms with Gasteiger partial charge in [0.1, 0.15) is 0 Å². The number of aryl methyl sites for hydroxylation is 4. The van der Waals surface area contributed by atoms with Gasteiger partial charge in [-0.3, -0.25) is 9.48 Å². The standard InChI is InChI=1S/C22H26N4O/c1-6-26(19-11-13(2)7-8-14(19)3)22(27)17-12-18(16-9-10-16)23-21-20(17)15(4)24-25(21)5/h7-8,11-12,16H,6,9-10H2,1-5H3. The highest BCUT2D eigenvalue weighted by Gasteiger charge is 2.30. The van der Waals surface area contributed by atoms with E-state index in [-0.39, 0.29) is 5.91 Å². The van der Waals surface area contributed by atoms with Crippen LogP contribution in [0.5, 0.6) is 0 Å². The summed E-state index contributed by atoms with van der Waals surface area (Å²) in [4.78, 5) is 20.4. The van der Waals surface area contributed by atoms with Crippen LogP contribution < -0.4 is 4.90 Å². The molecule has 1 aliphatic carbocycles. The number of carbonyl (C=O) groups is 1. The SMILES string of the molecule is CCN(C(=O)c1cc(C2CC2)nc2c1c(C)nn2C)c1cc(C)ccc1C. The van der Waals surface area contributed by atoms with Gasteiger partial charge in [-0.25, -0.2) is 4.98 Å². The Balaban J connectivity index is 1.89. The largest absolute Gasteiger partial charge is 0.308 e. The molecule has 5 heteroatoms. The van der Waals surface area contributed by atoms with Gasteiger partial charge in [0.2, 0.25) is 0 Å². The molecule has 5 nitrogen and oxygen atoms in total. The Hall–Kier alpha value is -2.69. The van der Waals surface area contributed by atoms with Crippen LogP contribution in [0.2, 0.25) is 0 Å². The van der Waals surface area contributed by atoms with Gasteiger partial charge in [0.05, 0.1) is 16.6 Å². The highest BCUT2D eigenvalue weighted by molar-refractivity contribution is 6.14. The first-order chi connectivity index (χ1) is 12.9. The Morgan fingerprint density at radius 1 is 1.22 bits per heavy atom. The quantitative estimate of drug-likeness (QED) is 0.689. The summed E-state index contributed by atoms with van der Waals surface area (Å²) in [6, 6.07) is 8.25. The second kappa shape index (κ2) is 6.48. The molecule has 0 N–H and O–H groups in total. The van der Waals surface area contributed by atoms with Crippen molar-refractivity contribution in [2.75, 3.05) is 11.4 Å². The predicted molar refractivity (Wildman–Crippen MR) is 108 cm³/mol. The molecule has 1 amide bonds. The summed E-state index contributed by atoms with van der Waals surface area (Å²) in [5.41, 5.74) is 6.62. The minimum absolute atomic E-state index is 0.0246. The molecule has 0 spiro atoms. The summed E-state index contributed by atoms with van der Waals surface area (Å²) in [6.07, 6.45) is 2.30. The zero-order chi connectivity index (χ0) is 19.3. The zero-order valence-electron chi connectivity index (χ0n) is 16.7. The second-order valence-electron chi connectivity index (χ2n) is 7.62. The summed E-state index contributed by atoms with van der Waals surface area (Å²) in [5, 5.41) is 5.40. The van der Waals surface area contributed by atoms with Crippen molar-refractivity contribution in [3.8, 4) is 0 Å². The van der Waals surface area contributed by atoms with Gasteiger partial charge in [-0.2, -0.15) is 5.10 Å². The number of carbonyl (C=O) groups excluding carboxylic acids is 1. The Morgan fingerprint density at radius 2 is 1.96 bits per heavy atom. The van der Waals surface area contributed by atoms with Crippen molar-refractivity contribution >= 4 is 22.6 Å². The summed E-state index contributed by atoms with van der Waals surface area (Å²) >= 11 is 0. The molecule has 1 aliphatic rings. The molecule has 0 radical (unpaired) electrons. The van der Waals surface area contributed by atoms with Crippen molar-refractivity contribution in [1.82, 2.24) is 14.8 Å². The summed E-state index contributed by atoms with van der Waals surface area (Å²) in [7, 11) is 1.90. The van der Waals surface area contributed by atoms with Crippen LogP contribution in [-0.2, 0) is 7.05 Å². The molecule has 3 aromatic rings. The maximum absolute atomic E-state index is 13.7. The van der Waals surface area contributed by atoms with Crippen LogP contribution in [0.15, 0.2) is 24.3 Å². The van der Waals surface area contributed by atoms with Gasteiger partial charge in [0, 0.05) is 30.9 Å². The minimum Gasteiger partial charge on any atom is -0.308 e. The average Bonchev–Trinajstić information content (AvgIpc) is 3.45. The second-order valence-corrected chi connectivity index (χ2v) is 7.62. The normalized spacial score (nSPS) is 14.0. The first-order valence-corrected chi connectivity index (χ1v) is 9.64. The van der Waals surface area contributed by atoms with Crippen molar-refractivity contribution in [2.45, 2.75) is 46.5 Å². The number of nitrogens with zero attached hydrogens (tertiary/aromatic N) is 4. The van der Waals surface area contributed by atoms with Crippen LogP contribution >= 0.6 is 0 Å². The molecule has 0 saturated heterocycles. The molecule has 2 aromatic heterocycles. The number of pyridine rings is 1. The molecule has 1 fully saturated rings. The molecule has 0 bridgehead atoms. The lowest BCUT2D eigenvalue weighted by Crippen LogP contribution is -2.31. The Kier molecular flexibility index (Phi) is 4.25. The average molecular weight is 362 g/mol. The molecular formula is C22H26N4O. The van der Waals surface area contributed by atoms with E-state index >= 15 is 0 Å². The zero-order valence-corrected chi connectivity index (χ0v) is 16.7. The van der Waals surface area contributed by atoms with E-state index in [0.29, 0.717) is 12.5 Å². The fraction of sp³-hybridized carbons (Fsp3) is 0.409. The van der Waals surface area contributed by atoms with Gasteiger partial charge in [-0.15, -0.1) is 0 Å². The number of anilines is 1. The van der Waals surface area contributed by atoms with E-state index in [1.54, 1.807) is 4.68 Å². The molecule has 0 aliphatic heterocycles. The van der Waals surface area contributed by atoms with Crippen molar-refractivity contribution in [1.29, 1.82) is 0 Å². The van der Waals surface area contributed by atoms with Crippen molar-refractivity contribution in [2.24, 2.45) is 7.05 Å². The van der Waals surface area contributed by atoms with Gasteiger partial charge in [0.25, 0.3) is 5.91 Å². The lowest BCUT2D eigenvalue weighted by Gasteiger charge is -2.24. The molecule has 27 heavy (non-hydrogen) atoms. The maximum atomic E-state index is 13.7. The Morgan fingerprint density at radius 3 is 2.63 bits per heavy atom. The van der Waals surface area contributed by atoms with Gasteiger partial charge in [0.15, 0.2) is 5.65 Å². The summed E-state index contributed by atoms with van der Waals surface area (Å²) in [5.74, 6) is 0.503. The number of hydrogen-bond acceptors (Lipinski definition) is 3. The van der Waals surface area contributed by atoms with Crippen LogP contribution in [0.1, 0.15) is 58.6 Å². The number of aromatic nitrogens is 3. The lowest BCUT2D eigenvalue weighted by molar-refractivity contribution is 0.0989. The van der Waals surface area contributed by atoms with E-state index in [1.165, 1.54) is 0 Å². The minimum atomic E-state index is 0.0246. The molecule has 140 valence electrons. The predicted octanol–water partition coefficient (Wildman–Crippen LogP) is 4.44. The first-order valence-electron chi connectivity index (χ1n) is 9.64. The molecule has 0 unspecified atom stereocenters. The number of amides is 1. The molecule has 1 saturated carbocycles. The van der Waals surface area contributed by atoms with Gasteiger partial charge < -0.3 is 4.90 Å². The van der Waals surface area contributed by atoms with Crippen LogP contribution in [0.4, 0.5) is 5.69 Å². The first kappa shape index (κ1) is 17.7. The van der Waals surface area contributed by atoms with Crippen LogP contribution in [-0.4, -0.2) is 27.2 Å². The Bertz CT molecular complexity index is 1050. The fourth-order valence-electron chi connectivity index (χ4n) is 3.80. The third-order valence-corrected chi connectivity index (χ3v) is 5.43. The van der Waals surface area contributed by atoms with E-state index < -0.39 is 0 Å². The number of fused-ring (bicyclic) bond motifs is 1. The summed E-state index contributed by atoms with van der Waals surface area (Å²) in [6.45, 7) is 8.70. The van der Waals surface area contributed by atoms with Crippen molar-refractivity contribution < 1.29 is 4.79 Å². The molecular weight excluding hydrogens is 336 g/mol. The molecule has 0 atom stereocenters. The number of rotatable bonds is 4. The fourth-order valence-corrected chi connectivity index (χ4v) is 3.80. The van der Waals surface area contributed by atoms with Crippen LogP contribution in [0, 0.1) is 20.8 Å². The highest BCUT2D eigenvalue weighted by atomic mass is 16.2. The Labute approximate surface area is 160 Å². The van der Waals surface area contributed by atoms with E-state index in [1.807, 2.05) is 31.9 Å². The van der Waals surface area contributed by atoms with Crippen LogP contribution in [0.3, 0.4) is 0 Å². The molecule has 1 aromatic carbocycles. The summed E-state index contributed by atoms with van der Waals surface area (Å²) < 4.78 is 1.79. The van der Waals surface area contributed by atoms with Crippen molar-refractivity contribution in [3.05, 3.63) is 52.3 Å². The maximum Gasteiger partial charge on any atom is 0.259 e. The van der Waals surface area contributed by atoms with Crippen LogP contribution in [0.25, 0.3) is 11.0 Å². The lowest BCUT2D eigenvalue weighted by atomic mass is 10.0. The van der Waals surface area contributed by atoms with Gasteiger partial charge >= 0.3 is 0 Å². The number of hydrogen-bond donors (Lipinski definition) is 0. The molecule has 2 heterocycles. The van der Waals surface area contributed by atoms with E-state index in [2.05, 4.69) is 37.1 Å². The van der Waals surface area contributed by atoms with Gasteiger partial charge in [-0.05, 0) is 63.8 Å².